The molecule has 0 saturated heterocycles. The van der Waals surface area contributed by atoms with Crippen LogP contribution in [-0.4, -0.2) is 57.1 Å². The molecule has 7 heteroatoms. The first-order valence-corrected chi connectivity index (χ1v) is 8.32. The highest BCUT2D eigenvalue weighted by Gasteiger charge is 2.34. The van der Waals surface area contributed by atoms with E-state index in [0.717, 1.165) is 30.4 Å². The zero-order chi connectivity index (χ0) is 15.6. The van der Waals surface area contributed by atoms with Gasteiger partial charge in [-0.25, -0.2) is 0 Å². The maximum Gasteiger partial charge on any atom is 0.313 e. The molecule has 21 heavy (non-hydrogen) atoms. The van der Waals surface area contributed by atoms with Crippen molar-refractivity contribution in [1.29, 1.82) is 0 Å². The number of nitrogens with zero attached hydrogens (tertiary/aromatic N) is 4. The lowest BCUT2D eigenvalue weighted by Gasteiger charge is -2.28. The molecule has 0 bridgehead atoms. The van der Waals surface area contributed by atoms with Crippen molar-refractivity contribution in [2.45, 2.75) is 43.8 Å². The second-order valence-corrected chi connectivity index (χ2v) is 7.18. The minimum absolute atomic E-state index is 0.0234. The maximum atomic E-state index is 10.8. The van der Waals surface area contributed by atoms with Crippen LogP contribution in [0.15, 0.2) is 5.16 Å². The van der Waals surface area contributed by atoms with Crippen LogP contribution in [0.1, 0.15) is 44.5 Å². The summed E-state index contributed by atoms with van der Waals surface area (Å²) in [5.41, 5.74) is 0. The van der Waals surface area contributed by atoms with Gasteiger partial charge in [-0.15, -0.1) is 10.2 Å². The Morgan fingerprint density at radius 3 is 2.57 bits per heavy atom. The molecule has 1 unspecified atom stereocenters. The van der Waals surface area contributed by atoms with Crippen LogP contribution in [0.3, 0.4) is 0 Å². The van der Waals surface area contributed by atoms with Crippen molar-refractivity contribution < 1.29 is 9.90 Å². The van der Waals surface area contributed by atoms with E-state index in [1.165, 1.54) is 11.8 Å². The number of carbonyl (C=O) groups is 1. The van der Waals surface area contributed by atoms with Gasteiger partial charge in [0.15, 0.2) is 5.16 Å². The van der Waals surface area contributed by atoms with Gasteiger partial charge in [-0.3, -0.25) is 4.79 Å². The van der Waals surface area contributed by atoms with Crippen LogP contribution >= 0.6 is 11.8 Å². The van der Waals surface area contributed by atoms with Gasteiger partial charge in [-0.1, -0.05) is 25.6 Å². The summed E-state index contributed by atoms with van der Waals surface area (Å²) in [6, 6.07) is 0.266. The molecule has 1 aromatic heterocycles. The molecule has 1 aliphatic rings. The van der Waals surface area contributed by atoms with E-state index in [2.05, 4.69) is 47.6 Å². The van der Waals surface area contributed by atoms with E-state index in [9.17, 15) is 4.79 Å². The average Bonchev–Trinajstić information content (AvgIpc) is 3.14. The fraction of sp³-hybridized carbons (Fsp3) is 0.786. The third-order valence-corrected chi connectivity index (χ3v) is 4.54. The van der Waals surface area contributed by atoms with Gasteiger partial charge in [0.2, 0.25) is 0 Å². The van der Waals surface area contributed by atoms with Gasteiger partial charge in [0.1, 0.15) is 5.82 Å². The molecule has 118 valence electrons. The second kappa shape index (κ2) is 6.79. The molecule has 1 aromatic rings. The van der Waals surface area contributed by atoms with Gasteiger partial charge in [0, 0.05) is 12.5 Å². The normalized spacial score (nSPS) is 16.7. The molecule has 1 heterocycles. The summed E-state index contributed by atoms with van der Waals surface area (Å²) in [6.07, 6.45) is 2.32. The zero-order valence-electron chi connectivity index (χ0n) is 13.1. The number of likely N-dealkylation sites (N-methyl/N-ethyl adjacent to an activating group) is 1. The number of carboxylic acid groups (broad SMARTS) is 1. The summed E-state index contributed by atoms with van der Waals surface area (Å²) in [5, 5.41) is 18.2. The van der Waals surface area contributed by atoms with Crippen molar-refractivity contribution in [1.82, 2.24) is 19.7 Å². The quantitative estimate of drug-likeness (QED) is 0.741. The topological polar surface area (TPSA) is 71.2 Å². The van der Waals surface area contributed by atoms with Crippen LogP contribution in [0.25, 0.3) is 0 Å². The van der Waals surface area contributed by atoms with Crippen molar-refractivity contribution >= 4 is 17.7 Å². The Kier molecular flexibility index (Phi) is 5.27. The monoisotopic (exact) mass is 312 g/mol. The Morgan fingerprint density at radius 1 is 1.43 bits per heavy atom. The first kappa shape index (κ1) is 16.3. The standard InChI is InChI=1S/C14H24N4O2S/c1-9(2)11(7-17(3)4)18-13(10-5-6-10)15-16-14(18)21-8-12(19)20/h9-11H,5-8H2,1-4H3,(H,19,20). The molecule has 0 radical (unpaired) electrons. The Labute approximate surface area is 129 Å². The minimum atomic E-state index is -0.823. The Hall–Kier alpha value is -1.08. The van der Waals surface area contributed by atoms with Gasteiger partial charge < -0.3 is 14.6 Å². The van der Waals surface area contributed by atoms with Gasteiger partial charge in [-0.05, 0) is 32.9 Å². The van der Waals surface area contributed by atoms with Crippen molar-refractivity contribution in [3.05, 3.63) is 5.82 Å². The van der Waals surface area contributed by atoms with Gasteiger partial charge in [0.25, 0.3) is 0 Å². The van der Waals surface area contributed by atoms with Crippen LogP contribution in [0.2, 0.25) is 0 Å². The number of aliphatic carboxylic acids is 1. The van der Waals surface area contributed by atoms with E-state index in [1.807, 2.05) is 0 Å². The minimum Gasteiger partial charge on any atom is -0.481 e. The Morgan fingerprint density at radius 2 is 2.10 bits per heavy atom. The van der Waals surface area contributed by atoms with Crippen LogP contribution in [0, 0.1) is 5.92 Å². The maximum absolute atomic E-state index is 10.8. The lowest BCUT2D eigenvalue weighted by molar-refractivity contribution is -0.133. The fourth-order valence-corrected chi connectivity index (χ4v) is 3.13. The molecule has 2 rings (SSSR count). The van der Waals surface area contributed by atoms with Crippen molar-refractivity contribution in [3.8, 4) is 0 Å². The predicted octanol–water partition coefficient (Wildman–Crippen LogP) is 2.09. The highest BCUT2D eigenvalue weighted by molar-refractivity contribution is 7.99. The number of aromatic nitrogens is 3. The van der Waals surface area contributed by atoms with Gasteiger partial charge in [-0.2, -0.15) is 0 Å². The molecule has 6 nitrogen and oxygen atoms in total. The summed E-state index contributed by atoms with van der Waals surface area (Å²) in [5.74, 6) is 1.17. The zero-order valence-corrected chi connectivity index (χ0v) is 13.9. The Balaban J connectivity index is 2.31. The van der Waals surface area contributed by atoms with E-state index in [0.29, 0.717) is 11.8 Å². The molecule has 0 spiro atoms. The molecule has 1 N–H and O–H groups in total. The molecule has 0 amide bonds. The van der Waals surface area contributed by atoms with Crippen LogP contribution < -0.4 is 0 Å². The highest BCUT2D eigenvalue weighted by Crippen LogP contribution is 2.42. The van der Waals surface area contributed by atoms with E-state index in [4.69, 9.17) is 5.11 Å². The molecule has 1 saturated carbocycles. The van der Waals surface area contributed by atoms with Crippen LogP contribution in [0.4, 0.5) is 0 Å². The first-order valence-electron chi connectivity index (χ1n) is 7.34. The van der Waals surface area contributed by atoms with E-state index < -0.39 is 5.97 Å². The molecular weight excluding hydrogens is 288 g/mol. The van der Waals surface area contributed by atoms with Crippen LogP contribution in [0.5, 0.6) is 0 Å². The van der Waals surface area contributed by atoms with E-state index in [1.54, 1.807) is 0 Å². The smallest absolute Gasteiger partial charge is 0.313 e. The molecule has 1 fully saturated rings. The van der Waals surface area contributed by atoms with E-state index >= 15 is 0 Å². The lowest BCUT2D eigenvalue weighted by atomic mass is 10.0. The Bertz CT molecular complexity index is 497. The second-order valence-electron chi connectivity index (χ2n) is 6.24. The van der Waals surface area contributed by atoms with Crippen LogP contribution in [-0.2, 0) is 4.79 Å². The van der Waals surface area contributed by atoms with Gasteiger partial charge in [0.05, 0.1) is 11.8 Å². The predicted molar refractivity (Wildman–Crippen MR) is 82.8 cm³/mol. The van der Waals surface area contributed by atoms with Crippen molar-refractivity contribution in [2.75, 3.05) is 26.4 Å². The number of rotatable bonds is 8. The summed E-state index contributed by atoms with van der Waals surface area (Å²) < 4.78 is 2.19. The molecular formula is C14H24N4O2S. The third kappa shape index (κ3) is 4.20. The van der Waals surface area contributed by atoms with E-state index in [-0.39, 0.29) is 11.8 Å². The third-order valence-electron chi connectivity index (χ3n) is 3.61. The van der Waals surface area contributed by atoms with Crippen molar-refractivity contribution in [2.24, 2.45) is 5.92 Å². The highest BCUT2D eigenvalue weighted by atomic mass is 32.2. The number of hydrogen-bond acceptors (Lipinski definition) is 5. The molecule has 0 aromatic carbocycles. The first-order chi connectivity index (χ1) is 9.90. The molecule has 1 aliphatic carbocycles. The summed E-state index contributed by atoms with van der Waals surface area (Å²) in [4.78, 5) is 13.0. The van der Waals surface area contributed by atoms with Crippen molar-refractivity contribution in [3.63, 3.8) is 0 Å². The number of thioether (sulfide) groups is 1. The fourth-order valence-electron chi connectivity index (χ4n) is 2.41. The summed E-state index contributed by atoms with van der Waals surface area (Å²) in [6.45, 7) is 5.28. The SMILES string of the molecule is CC(C)C(CN(C)C)n1c(SCC(=O)O)nnc1C1CC1. The molecule has 0 aliphatic heterocycles. The lowest BCUT2D eigenvalue weighted by Crippen LogP contribution is -2.29. The average molecular weight is 312 g/mol. The number of carboxylic acids is 1. The summed E-state index contributed by atoms with van der Waals surface area (Å²) >= 11 is 1.27. The summed E-state index contributed by atoms with van der Waals surface area (Å²) in [7, 11) is 4.11. The van der Waals surface area contributed by atoms with Gasteiger partial charge >= 0.3 is 5.97 Å². The molecule has 1 atom stereocenters. The largest absolute Gasteiger partial charge is 0.481 e. The number of hydrogen-bond donors (Lipinski definition) is 1.